The fraction of sp³-hybridized carbons (Fsp3) is 0.304. The Bertz CT molecular complexity index is 859. The molecule has 2 aromatic rings. The Morgan fingerprint density at radius 1 is 1.07 bits per heavy atom. The molecule has 1 saturated heterocycles. The van der Waals surface area contributed by atoms with Gasteiger partial charge in [-0.15, -0.1) is 18.3 Å². The number of para-hydroxylation sites is 1. The summed E-state index contributed by atoms with van der Waals surface area (Å²) >= 11 is 1.66. The van der Waals surface area contributed by atoms with Crippen molar-refractivity contribution in [2.75, 3.05) is 48.7 Å². The van der Waals surface area contributed by atoms with Gasteiger partial charge in [-0.1, -0.05) is 18.2 Å². The summed E-state index contributed by atoms with van der Waals surface area (Å²) in [7, 11) is 0. The summed E-state index contributed by atoms with van der Waals surface area (Å²) in [4.78, 5) is 29.5. The molecule has 5 nitrogen and oxygen atoms in total. The summed E-state index contributed by atoms with van der Waals surface area (Å²) in [5.41, 5.74) is 2.71. The number of thioether (sulfide) groups is 1. The number of Topliss-reactive ketones (excluding diaryl/α,β-unsaturated/α-hetero) is 1. The summed E-state index contributed by atoms with van der Waals surface area (Å²) in [6, 6.07) is 15.6. The highest BCUT2D eigenvalue weighted by atomic mass is 32.2. The summed E-state index contributed by atoms with van der Waals surface area (Å²) in [6.07, 6.45) is 1.86. The van der Waals surface area contributed by atoms with Crippen LogP contribution in [0.5, 0.6) is 0 Å². The van der Waals surface area contributed by atoms with Crippen LogP contribution in [0, 0.1) is 0 Å². The lowest BCUT2D eigenvalue weighted by Crippen LogP contribution is -2.48. The SMILES string of the molecule is C=CCSc1ccccc1NC(=O)CN1CCN(c2ccc(C(C)=O)cc2)CC1. The number of carbonyl (C=O) groups is 2. The van der Waals surface area contributed by atoms with Crippen molar-refractivity contribution in [2.45, 2.75) is 11.8 Å². The van der Waals surface area contributed by atoms with Crippen LogP contribution >= 0.6 is 11.8 Å². The molecule has 1 aliphatic rings. The van der Waals surface area contributed by atoms with E-state index in [1.807, 2.05) is 54.6 Å². The molecule has 3 rings (SSSR count). The standard InChI is InChI=1S/C23H27N3O2S/c1-3-16-29-22-7-5-4-6-21(22)24-23(28)17-25-12-14-26(15-13-25)20-10-8-19(9-11-20)18(2)27/h3-11H,1,12-17H2,2H3,(H,24,28). The van der Waals surface area contributed by atoms with E-state index < -0.39 is 0 Å². The molecule has 0 aromatic heterocycles. The van der Waals surface area contributed by atoms with Crippen LogP contribution in [-0.2, 0) is 4.79 Å². The van der Waals surface area contributed by atoms with Gasteiger partial charge in [-0.2, -0.15) is 0 Å². The first-order valence-electron chi connectivity index (χ1n) is 9.77. The molecule has 1 amide bonds. The van der Waals surface area contributed by atoms with Gasteiger partial charge in [-0.25, -0.2) is 0 Å². The second-order valence-electron chi connectivity index (χ2n) is 7.01. The molecule has 0 unspecified atom stereocenters. The third kappa shape index (κ3) is 5.95. The minimum absolute atomic E-state index is 0.0101. The van der Waals surface area contributed by atoms with E-state index in [1.165, 1.54) is 0 Å². The zero-order valence-electron chi connectivity index (χ0n) is 16.8. The van der Waals surface area contributed by atoms with E-state index >= 15 is 0 Å². The van der Waals surface area contributed by atoms with Crippen LogP contribution in [-0.4, -0.2) is 55.1 Å². The molecular formula is C23H27N3O2S. The molecule has 0 spiro atoms. The molecule has 1 heterocycles. The van der Waals surface area contributed by atoms with Crippen molar-refractivity contribution in [3.63, 3.8) is 0 Å². The molecule has 152 valence electrons. The molecule has 0 radical (unpaired) electrons. The van der Waals surface area contributed by atoms with Gasteiger partial charge in [0.1, 0.15) is 0 Å². The van der Waals surface area contributed by atoms with E-state index in [4.69, 9.17) is 0 Å². The Morgan fingerprint density at radius 2 is 1.76 bits per heavy atom. The maximum Gasteiger partial charge on any atom is 0.238 e. The Balaban J connectivity index is 1.50. The number of hydrogen-bond acceptors (Lipinski definition) is 5. The van der Waals surface area contributed by atoms with Crippen molar-refractivity contribution in [3.05, 3.63) is 66.7 Å². The van der Waals surface area contributed by atoms with Crippen LogP contribution in [0.15, 0.2) is 66.1 Å². The van der Waals surface area contributed by atoms with Crippen molar-refractivity contribution in [3.8, 4) is 0 Å². The van der Waals surface area contributed by atoms with E-state index in [2.05, 4.69) is 21.7 Å². The predicted molar refractivity (Wildman–Crippen MR) is 121 cm³/mol. The first kappa shape index (κ1) is 21.1. The lowest BCUT2D eigenvalue weighted by Gasteiger charge is -2.35. The number of carbonyl (C=O) groups excluding carboxylic acids is 2. The highest BCUT2D eigenvalue weighted by molar-refractivity contribution is 7.99. The number of nitrogens with zero attached hydrogens (tertiary/aromatic N) is 2. The minimum atomic E-state index is 0.0101. The monoisotopic (exact) mass is 409 g/mol. The van der Waals surface area contributed by atoms with Gasteiger partial charge >= 0.3 is 0 Å². The molecule has 1 aliphatic heterocycles. The quantitative estimate of drug-likeness (QED) is 0.407. The van der Waals surface area contributed by atoms with E-state index in [-0.39, 0.29) is 11.7 Å². The molecular weight excluding hydrogens is 382 g/mol. The van der Waals surface area contributed by atoms with Crippen LogP contribution < -0.4 is 10.2 Å². The van der Waals surface area contributed by atoms with Gasteiger partial charge in [-0.3, -0.25) is 14.5 Å². The van der Waals surface area contributed by atoms with Gasteiger partial charge in [0.25, 0.3) is 0 Å². The summed E-state index contributed by atoms with van der Waals surface area (Å²) in [5, 5.41) is 3.05. The Kier molecular flexibility index (Phi) is 7.49. The summed E-state index contributed by atoms with van der Waals surface area (Å²) < 4.78 is 0. The van der Waals surface area contributed by atoms with Crippen molar-refractivity contribution >= 4 is 34.8 Å². The average molecular weight is 410 g/mol. The normalized spacial score (nSPS) is 14.4. The lowest BCUT2D eigenvalue weighted by atomic mass is 10.1. The number of hydrogen-bond donors (Lipinski definition) is 1. The Morgan fingerprint density at radius 3 is 2.41 bits per heavy atom. The average Bonchev–Trinajstić information content (AvgIpc) is 2.73. The van der Waals surface area contributed by atoms with Gasteiger partial charge in [0.15, 0.2) is 5.78 Å². The third-order valence-corrected chi connectivity index (χ3v) is 5.97. The number of anilines is 2. The molecule has 6 heteroatoms. The zero-order chi connectivity index (χ0) is 20.6. The van der Waals surface area contributed by atoms with Gasteiger partial charge in [0.05, 0.1) is 12.2 Å². The van der Waals surface area contributed by atoms with Crippen LogP contribution in [0.4, 0.5) is 11.4 Å². The molecule has 0 bridgehead atoms. The predicted octanol–water partition coefficient (Wildman–Crippen LogP) is 3.93. The van der Waals surface area contributed by atoms with E-state index in [0.717, 1.165) is 53.8 Å². The number of amides is 1. The third-order valence-electron chi connectivity index (χ3n) is 4.90. The smallest absolute Gasteiger partial charge is 0.238 e. The zero-order valence-corrected chi connectivity index (χ0v) is 17.6. The molecule has 0 saturated carbocycles. The number of benzene rings is 2. The summed E-state index contributed by atoms with van der Waals surface area (Å²) in [6.45, 7) is 9.09. The number of rotatable bonds is 8. The van der Waals surface area contributed by atoms with Crippen molar-refractivity contribution in [1.29, 1.82) is 0 Å². The minimum Gasteiger partial charge on any atom is -0.369 e. The maximum absolute atomic E-state index is 12.5. The second kappa shape index (κ2) is 10.3. The van der Waals surface area contributed by atoms with Crippen LogP contribution in [0.1, 0.15) is 17.3 Å². The van der Waals surface area contributed by atoms with Crippen molar-refractivity contribution < 1.29 is 9.59 Å². The molecule has 0 atom stereocenters. The van der Waals surface area contributed by atoms with Crippen LogP contribution in [0.3, 0.4) is 0 Å². The second-order valence-corrected chi connectivity index (χ2v) is 8.07. The number of piperazine rings is 1. The molecule has 0 aliphatic carbocycles. The molecule has 29 heavy (non-hydrogen) atoms. The van der Waals surface area contributed by atoms with Crippen molar-refractivity contribution in [1.82, 2.24) is 4.90 Å². The fourth-order valence-electron chi connectivity index (χ4n) is 3.31. The molecule has 2 aromatic carbocycles. The number of nitrogens with one attached hydrogen (secondary N) is 1. The number of ketones is 1. The first-order valence-corrected chi connectivity index (χ1v) is 10.8. The Hall–Kier alpha value is -2.57. The van der Waals surface area contributed by atoms with Gasteiger partial charge in [0.2, 0.25) is 5.91 Å². The van der Waals surface area contributed by atoms with Gasteiger partial charge in [0, 0.05) is 48.1 Å². The molecule has 1 fully saturated rings. The Labute approximate surface area is 176 Å². The van der Waals surface area contributed by atoms with Gasteiger partial charge < -0.3 is 10.2 Å². The van der Waals surface area contributed by atoms with E-state index in [0.29, 0.717) is 6.54 Å². The van der Waals surface area contributed by atoms with E-state index in [1.54, 1.807) is 18.7 Å². The van der Waals surface area contributed by atoms with E-state index in [9.17, 15) is 9.59 Å². The highest BCUT2D eigenvalue weighted by Crippen LogP contribution is 2.27. The fourth-order valence-corrected chi connectivity index (χ4v) is 4.06. The van der Waals surface area contributed by atoms with Crippen molar-refractivity contribution in [2.24, 2.45) is 0 Å². The largest absolute Gasteiger partial charge is 0.369 e. The summed E-state index contributed by atoms with van der Waals surface area (Å²) in [5.74, 6) is 0.898. The van der Waals surface area contributed by atoms with Crippen LogP contribution in [0.25, 0.3) is 0 Å². The molecule has 1 N–H and O–H groups in total. The van der Waals surface area contributed by atoms with Gasteiger partial charge in [-0.05, 0) is 43.3 Å². The maximum atomic E-state index is 12.5. The lowest BCUT2D eigenvalue weighted by molar-refractivity contribution is -0.117. The highest BCUT2D eigenvalue weighted by Gasteiger charge is 2.19. The first-order chi connectivity index (χ1) is 14.1. The van der Waals surface area contributed by atoms with Crippen LogP contribution in [0.2, 0.25) is 0 Å². The topological polar surface area (TPSA) is 52.7 Å².